The minimum atomic E-state index is -0.827. The number of likely N-dealkylation sites (tertiary alicyclic amines) is 1. The number of carboxylic acids is 1. The number of hydrogen-bond acceptors (Lipinski definition) is 5. The van der Waals surface area contributed by atoms with Gasteiger partial charge in [-0.2, -0.15) is 0 Å². The molecule has 32 heavy (non-hydrogen) atoms. The Balaban J connectivity index is 1.31. The van der Waals surface area contributed by atoms with Crippen LogP contribution >= 0.6 is 0 Å². The highest BCUT2D eigenvalue weighted by Gasteiger charge is 2.26. The predicted molar refractivity (Wildman–Crippen MR) is 121 cm³/mol. The van der Waals surface area contributed by atoms with Crippen LogP contribution in [0.25, 0.3) is 0 Å². The van der Waals surface area contributed by atoms with Gasteiger partial charge in [-0.3, -0.25) is 4.79 Å². The fourth-order valence-corrected chi connectivity index (χ4v) is 4.31. The average Bonchev–Trinajstić information content (AvgIpc) is 2.72. The number of carbonyl (C=O) groups is 2. The molecule has 1 N–H and O–H groups in total. The third-order valence-electron chi connectivity index (χ3n) is 6.01. The van der Waals surface area contributed by atoms with E-state index in [1.54, 1.807) is 0 Å². The first-order valence-electron chi connectivity index (χ1n) is 11.8. The molecule has 1 atom stereocenters. The van der Waals surface area contributed by atoms with Crippen LogP contribution in [0.15, 0.2) is 18.2 Å². The monoisotopic (exact) mass is 447 g/mol. The number of benzene rings is 1. The van der Waals surface area contributed by atoms with E-state index in [0.717, 1.165) is 75.1 Å². The van der Waals surface area contributed by atoms with Crippen LogP contribution in [0.4, 0.5) is 4.79 Å². The number of aliphatic carboxylic acids is 1. The molecule has 0 saturated carbocycles. The first-order chi connectivity index (χ1) is 15.2. The van der Waals surface area contributed by atoms with Gasteiger partial charge >= 0.3 is 12.1 Å². The van der Waals surface area contributed by atoms with Crippen molar-refractivity contribution < 1.29 is 28.9 Å². The summed E-state index contributed by atoms with van der Waals surface area (Å²) in [5.74, 6) is 1.45. The van der Waals surface area contributed by atoms with Gasteiger partial charge in [-0.1, -0.05) is 6.42 Å². The maximum Gasteiger partial charge on any atom is 0.410 e. The molecule has 3 rings (SSSR count). The first-order valence-corrected chi connectivity index (χ1v) is 11.8. The van der Waals surface area contributed by atoms with Crippen LogP contribution in [0.1, 0.15) is 71.3 Å². The van der Waals surface area contributed by atoms with Crippen LogP contribution < -0.4 is 9.47 Å². The van der Waals surface area contributed by atoms with Gasteiger partial charge in [0.15, 0.2) is 0 Å². The van der Waals surface area contributed by atoms with Gasteiger partial charge in [-0.05, 0) is 89.0 Å². The van der Waals surface area contributed by atoms with Crippen LogP contribution in [0.5, 0.6) is 11.5 Å². The van der Waals surface area contributed by atoms with Crippen LogP contribution in [0, 0.1) is 5.92 Å². The molecule has 0 bridgehead atoms. The van der Waals surface area contributed by atoms with Crippen molar-refractivity contribution in [2.75, 3.05) is 19.7 Å². The van der Waals surface area contributed by atoms with Gasteiger partial charge in [-0.15, -0.1) is 0 Å². The normalized spacial score (nSPS) is 19.1. The van der Waals surface area contributed by atoms with Gasteiger partial charge in [0.2, 0.25) is 0 Å². The van der Waals surface area contributed by atoms with E-state index in [4.69, 9.17) is 19.3 Å². The Bertz CT molecular complexity index is 779. The minimum absolute atomic E-state index is 0.0394. The first kappa shape index (κ1) is 24.2. The largest absolute Gasteiger partial charge is 0.494 e. The maximum absolute atomic E-state index is 12.2. The number of hydrogen-bond donors (Lipinski definition) is 1. The Kier molecular flexibility index (Phi) is 8.26. The van der Waals surface area contributed by atoms with Crippen LogP contribution in [-0.4, -0.2) is 53.5 Å². The summed E-state index contributed by atoms with van der Waals surface area (Å²) in [6.07, 6.45) is 6.47. The molecule has 0 aliphatic carbocycles. The topological polar surface area (TPSA) is 85.3 Å². The molecule has 7 heteroatoms. The highest BCUT2D eigenvalue weighted by molar-refractivity contribution is 5.68. The van der Waals surface area contributed by atoms with E-state index < -0.39 is 11.6 Å². The smallest absolute Gasteiger partial charge is 0.410 e. The van der Waals surface area contributed by atoms with Gasteiger partial charge in [0.1, 0.15) is 23.2 Å². The van der Waals surface area contributed by atoms with Gasteiger partial charge in [-0.25, -0.2) is 4.79 Å². The van der Waals surface area contributed by atoms with Crippen molar-refractivity contribution in [3.8, 4) is 11.5 Å². The molecule has 0 radical (unpaired) electrons. The molecule has 0 spiro atoms. The predicted octanol–water partition coefficient (Wildman–Crippen LogP) is 5.05. The maximum atomic E-state index is 12.2. The lowest BCUT2D eigenvalue weighted by Gasteiger charge is -2.33. The standard InChI is InChI=1S/C25H37NO6/c1-25(2,3)32-24(29)26-13-11-18(12-14-26)6-4-5-15-30-20-9-10-22-19(16-20)7-8-21(31-22)17-23(27)28/h9-10,16,18,21H,4-8,11-15,17H2,1-3H3,(H,27,28). The van der Waals surface area contributed by atoms with Crippen molar-refractivity contribution in [1.29, 1.82) is 0 Å². The molecule has 1 amide bonds. The Labute approximate surface area is 191 Å². The number of aryl methyl sites for hydroxylation is 1. The zero-order chi connectivity index (χ0) is 23.1. The van der Waals surface area contributed by atoms with Crippen molar-refractivity contribution >= 4 is 12.1 Å². The SMILES string of the molecule is CC(C)(C)OC(=O)N1CCC(CCCCOc2ccc3c(c2)CCC(CC(=O)O)O3)CC1. The fourth-order valence-electron chi connectivity index (χ4n) is 4.31. The average molecular weight is 448 g/mol. The molecule has 2 aliphatic heterocycles. The number of carboxylic acid groups (broad SMARTS) is 1. The third kappa shape index (κ3) is 7.61. The van der Waals surface area contributed by atoms with Crippen LogP contribution in [0.2, 0.25) is 0 Å². The Morgan fingerprint density at radius 1 is 1.16 bits per heavy atom. The van der Waals surface area contributed by atoms with Crippen molar-refractivity contribution in [3.05, 3.63) is 23.8 Å². The molecule has 1 aromatic rings. The van der Waals surface area contributed by atoms with E-state index in [1.807, 2.05) is 43.9 Å². The van der Waals surface area contributed by atoms with Gasteiger partial charge in [0.25, 0.3) is 0 Å². The summed E-state index contributed by atoms with van der Waals surface area (Å²) in [6, 6.07) is 5.80. The van der Waals surface area contributed by atoms with E-state index in [0.29, 0.717) is 12.5 Å². The molecule has 2 aliphatic rings. The number of ether oxygens (including phenoxy) is 3. The molecule has 1 unspecified atom stereocenters. The summed E-state index contributed by atoms with van der Waals surface area (Å²) in [4.78, 5) is 24.9. The number of fused-ring (bicyclic) bond motifs is 1. The van der Waals surface area contributed by atoms with Crippen molar-refractivity contribution in [2.24, 2.45) is 5.92 Å². The van der Waals surface area contributed by atoms with Crippen molar-refractivity contribution in [1.82, 2.24) is 4.90 Å². The lowest BCUT2D eigenvalue weighted by atomic mass is 9.92. The number of unbranched alkanes of at least 4 members (excludes halogenated alkanes) is 1. The number of nitrogens with zero attached hydrogens (tertiary/aromatic N) is 1. The second-order valence-electron chi connectivity index (χ2n) is 9.90. The second kappa shape index (κ2) is 10.9. The zero-order valence-electron chi connectivity index (χ0n) is 19.6. The van der Waals surface area contributed by atoms with Crippen molar-refractivity contribution in [3.63, 3.8) is 0 Å². The molecule has 2 heterocycles. The highest BCUT2D eigenvalue weighted by atomic mass is 16.6. The highest BCUT2D eigenvalue weighted by Crippen LogP contribution is 2.32. The van der Waals surface area contributed by atoms with Gasteiger partial charge in [0.05, 0.1) is 13.0 Å². The molecular formula is C25H37NO6. The minimum Gasteiger partial charge on any atom is -0.494 e. The summed E-state index contributed by atoms with van der Waals surface area (Å²) in [5.41, 5.74) is 0.641. The summed E-state index contributed by atoms with van der Waals surface area (Å²) in [5, 5.41) is 8.93. The van der Waals surface area contributed by atoms with Crippen molar-refractivity contribution in [2.45, 2.75) is 83.8 Å². The lowest BCUT2D eigenvalue weighted by Crippen LogP contribution is -2.41. The van der Waals surface area contributed by atoms with Gasteiger partial charge < -0.3 is 24.2 Å². The Morgan fingerprint density at radius 2 is 1.91 bits per heavy atom. The Hall–Kier alpha value is -2.44. The van der Waals surface area contributed by atoms with E-state index in [-0.39, 0.29) is 18.6 Å². The number of carbonyl (C=O) groups excluding carboxylic acids is 1. The molecule has 1 fully saturated rings. The van der Waals surface area contributed by atoms with E-state index in [1.165, 1.54) is 0 Å². The Morgan fingerprint density at radius 3 is 2.59 bits per heavy atom. The van der Waals surface area contributed by atoms with Crippen LogP contribution in [0.3, 0.4) is 0 Å². The number of amides is 1. The molecule has 0 aromatic heterocycles. The third-order valence-corrected chi connectivity index (χ3v) is 6.01. The number of rotatable bonds is 8. The summed E-state index contributed by atoms with van der Waals surface area (Å²) in [7, 11) is 0. The number of piperidine rings is 1. The van der Waals surface area contributed by atoms with E-state index in [9.17, 15) is 9.59 Å². The zero-order valence-corrected chi connectivity index (χ0v) is 19.6. The quantitative estimate of drug-likeness (QED) is 0.561. The molecule has 1 aromatic carbocycles. The molecular weight excluding hydrogens is 410 g/mol. The molecule has 7 nitrogen and oxygen atoms in total. The van der Waals surface area contributed by atoms with E-state index >= 15 is 0 Å². The van der Waals surface area contributed by atoms with Crippen LogP contribution in [-0.2, 0) is 16.0 Å². The van der Waals surface area contributed by atoms with E-state index in [2.05, 4.69) is 0 Å². The molecule has 178 valence electrons. The molecule has 1 saturated heterocycles. The summed E-state index contributed by atoms with van der Waals surface area (Å²) >= 11 is 0. The fraction of sp³-hybridized carbons (Fsp3) is 0.680. The lowest BCUT2D eigenvalue weighted by molar-refractivity contribution is -0.139. The van der Waals surface area contributed by atoms with Gasteiger partial charge in [0, 0.05) is 13.1 Å². The summed E-state index contributed by atoms with van der Waals surface area (Å²) < 4.78 is 17.2. The summed E-state index contributed by atoms with van der Waals surface area (Å²) in [6.45, 7) is 7.93. The second-order valence-corrected chi connectivity index (χ2v) is 9.90.